The van der Waals surface area contributed by atoms with Crippen molar-refractivity contribution >= 4 is 17.3 Å². The van der Waals surface area contributed by atoms with E-state index >= 15 is 0 Å². The van der Waals surface area contributed by atoms with Crippen molar-refractivity contribution in [2.45, 2.75) is 6.92 Å². The molecule has 0 bridgehead atoms. The minimum atomic E-state index is -0.101. The number of nitrogens with one attached hydrogen (secondary N) is 1. The number of carbonyl (C=O) groups excluding carboxylic acids is 1. The third-order valence-electron chi connectivity index (χ3n) is 3.42. The maximum Gasteiger partial charge on any atom is 0.221 e. The van der Waals surface area contributed by atoms with Gasteiger partial charge in [-0.25, -0.2) is 0 Å². The van der Waals surface area contributed by atoms with E-state index in [1.54, 1.807) is 36.4 Å². The Hall–Kier alpha value is -2.77. The van der Waals surface area contributed by atoms with Gasteiger partial charge in [0, 0.05) is 18.3 Å². The number of ether oxygens (including phenoxy) is 4. The Balaban J connectivity index is 1.43. The highest BCUT2D eigenvalue weighted by molar-refractivity contribution is 5.88. The van der Waals surface area contributed by atoms with Gasteiger partial charge >= 0.3 is 0 Å². The van der Waals surface area contributed by atoms with Crippen molar-refractivity contribution in [2.75, 3.05) is 50.7 Å². The van der Waals surface area contributed by atoms with Gasteiger partial charge in [-0.2, -0.15) is 0 Å². The maximum atomic E-state index is 10.9. The maximum absolute atomic E-state index is 10.9. The molecule has 0 aliphatic rings. The highest BCUT2D eigenvalue weighted by atomic mass is 16.6. The number of hydrogen-bond donors (Lipinski definition) is 2. The molecule has 7 heteroatoms. The number of hydrogen-bond acceptors (Lipinski definition) is 6. The Morgan fingerprint density at radius 3 is 1.70 bits per heavy atom. The van der Waals surface area contributed by atoms with E-state index in [4.69, 9.17) is 24.7 Å². The quantitative estimate of drug-likeness (QED) is 0.438. The lowest BCUT2D eigenvalue weighted by Gasteiger charge is -2.09. The first-order chi connectivity index (χ1) is 13.1. The number of amides is 1. The average Bonchev–Trinajstić information content (AvgIpc) is 2.65. The zero-order valence-corrected chi connectivity index (χ0v) is 15.5. The molecule has 3 N–H and O–H groups in total. The van der Waals surface area contributed by atoms with Crippen molar-refractivity contribution in [1.29, 1.82) is 0 Å². The summed E-state index contributed by atoms with van der Waals surface area (Å²) in [6.07, 6.45) is 0. The van der Waals surface area contributed by atoms with Gasteiger partial charge in [-0.05, 0) is 48.5 Å². The van der Waals surface area contributed by atoms with Gasteiger partial charge in [-0.3, -0.25) is 4.79 Å². The lowest BCUT2D eigenvalue weighted by atomic mass is 10.3. The molecule has 1 amide bonds. The van der Waals surface area contributed by atoms with Crippen LogP contribution in [0.25, 0.3) is 0 Å². The fourth-order valence-corrected chi connectivity index (χ4v) is 2.16. The summed E-state index contributed by atoms with van der Waals surface area (Å²) in [6, 6.07) is 14.4. The summed E-state index contributed by atoms with van der Waals surface area (Å²) < 4.78 is 22.0. The molecule has 7 nitrogen and oxygen atoms in total. The van der Waals surface area contributed by atoms with Crippen LogP contribution in [-0.4, -0.2) is 45.5 Å². The van der Waals surface area contributed by atoms with E-state index in [1.807, 2.05) is 12.1 Å². The number of nitrogen functional groups attached to an aromatic ring is 1. The molecule has 0 spiro atoms. The van der Waals surface area contributed by atoms with Crippen molar-refractivity contribution in [3.8, 4) is 11.5 Å². The molecule has 0 fully saturated rings. The molecule has 2 aromatic carbocycles. The Kier molecular flexibility index (Phi) is 8.95. The largest absolute Gasteiger partial charge is 0.491 e. The van der Waals surface area contributed by atoms with Crippen molar-refractivity contribution in [3.63, 3.8) is 0 Å². The monoisotopic (exact) mass is 374 g/mol. The van der Waals surface area contributed by atoms with Crippen LogP contribution in [0.5, 0.6) is 11.5 Å². The molecule has 0 saturated carbocycles. The van der Waals surface area contributed by atoms with Crippen LogP contribution in [0.1, 0.15) is 6.92 Å². The molecule has 0 heterocycles. The molecule has 0 saturated heterocycles. The molecule has 0 unspecified atom stereocenters. The van der Waals surface area contributed by atoms with Crippen LogP contribution in [0.4, 0.5) is 11.4 Å². The molecule has 2 aromatic rings. The minimum Gasteiger partial charge on any atom is -0.491 e. The first-order valence-electron chi connectivity index (χ1n) is 8.78. The van der Waals surface area contributed by atoms with E-state index in [0.717, 1.165) is 17.2 Å². The van der Waals surface area contributed by atoms with Gasteiger partial charge in [-0.1, -0.05) is 0 Å². The van der Waals surface area contributed by atoms with E-state index in [9.17, 15) is 4.79 Å². The van der Waals surface area contributed by atoms with E-state index in [2.05, 4.69) is 5.32 Å². The predicted octanol–water partition coefficient (Wildman–Crippen LogP) is 2.72. The Morgan fingerprint density at radius 2 is 1.22 bits per heavy atom. The number of carbonyl (C=O) groups is 1. The van der Waals surface area contributed by atoms with Crippen molar-refractivity contribution in [2.24, 2.45) is 0 Å². The molecule has 0 aromatic heterocycles. The third-order valence-corrected chi connectivity index (χ3v) is 3.42. The van der Waals surface area contributed by atoms with Gasteiger partial charge in [-0.15, -0.1) is 0 Å². The topological polar surface area (TPSA) is 92.0 Å². The van der Waals surface area contributed by atoms with Crippen molar-refractivity contribution < 1.29 is 23.7 Å². The van der Waals surface area contributed by atoms with E-state index < -0.39 is 0 Å². The summed E-state index contributed by atoms with van der Waals surface area (Å²) in [5, 5.41) is 2.70. The van der Waals surface area contributed by atoms with Crippen LogP contribution >= 0.6 is 0 Å². The highest BCUT2D eigenvalue weighted by Gasteiger charge is 1.98. The van der Waals surface area contributed by atoms with Crippen molar-refractivity contribution in [3.05, 3.63) is 48.5 Å². The average molecular weight is 374 g/mol. The minimum absolute atomic E-state index is 0.101. The molecule has 0 radical (unpaired) electrons. The molecule has 0 aliphatic carbocycles. The highest BCUT2D eigenvalue weighted by Crippen LogP contribution is 2.15. The molecular formula is C20H26N2O5. The molecular weight excluding hydrogens is 348 g/mol. The standard InChI is InChI=1S/C20H26N2O5/c1-16(23)22-18-4-8-20(9-5-18)27-15-13-25-11-10-24-12-14-26-19-6-2-17(21)3-7-19/h2-9H,10-15,21H2,1H3,(H,22,23). The van der Waals surface area contributed by atoms with E-state index in [0.29, 0.717) is 45.3 Å². The normalized spacial score (nSPS) is 10.4. The lowest BCUT2D eigenvalue weighted by Crippen LogP contribution is -2.13. The Bertz CT molecular complexity index is 674. The first kappa shape index (κ1) is 20.5. The summed E-state index contributed by atoms with van der Waals surface area (Å²) in [4.78, 5) is 10.9. The molecule has 0 aliphatic heterocycles. The van der Waals surface area contributed by atoms with Crippen LogP contribution < -0.4 is 20.5 Å². The zero-order valence-electron chi connectivity index (χ0n) is 15.5. The Labute approximate surface area is 159 Å². The first-order valence-corrected chi connectivity index (χ1v) is 8.78. The molecule has 0 atom stereocenters. The molecule has 146 valence electrons. The number of rotatable bonds is 12. The summed E-state index contributed by atoms with van der Waals surface area (Å²) in [5.41, 5.74) is 7.06. The van der Waals surface area contributed by atoms with Crippen LogP contribution in [0.3, 0.4) is 0 Å². The van der Waals surface area contributed by atoms with Gasteiger partial charge in [0.25, 0.3) is 0 Å². The van der Waals surface area contributed by atoms with E-state index in [1.165, 1.54) is 6.92 Å². The molecule has 27 heavy (non-hydrogen) atoms. The second-order valence-electron chi connectivity index (χ2n) is 5.70. The van der Waals surface area contributed by atoms with E-state index in [-0.39, 0.29) is 5.91 Å². The zero-order chi connectivity index (χ0) is 19.3. The van der Waals surface area contributed by atoms with Gasteiger partial charge < -0.3 is 30.0 Å². The second kappa shape index (κ2) is 11.8. The van der Waals surface area contributed by atoms with Gasteiger partial charge in [0.15, 0.2) is 0 Å². The predicted molar refractivity (Wildman–Crippen MR) is 104 cm³/mol. The van der Waals surface area contributed by atoms with Crippen molar-refractivity contribution in [1.82, 2.24) is 0 Å². The lowest BCUT2D eigenvalue weighted by molar-refractivity contribution is -0.114. The van der Waals surface area contributed by atoms with Gasteiger partial charge in [0.1, 0.15) is 24.7 Å². The molecule has 2 rings (SSSR count). The number of nitrogens with two attached hydrogens (primary N) is 1. The summed E-state index contributed by atoms with van der Waals surface area (Å²) in [7, 11) is 0. The Morgan fingerprint density at radius 1 is 0.778 bits per heavy atom. The number of anilines is 2. The number of benzene rings is 2. The second-order valence-corrected chi connectivity index (χ2v) is 5.70. The summed E-state index contributed by atoms with van der Waals surface area (Å²) in [5.74, 6) is 1.39. The smallest absolute Gasteiger partial charge is 0.221 e. The SMILES string of the molecule is CC(=O)Nc1ccc(OCCOCCOCCOc2ccc(N)cc2)cc1. The van der Waals surface area contributed by atoms with Gasteiger partial charge in [0.05, 0.1) is 26.4 Å². The fraction of sp³-hybridized carbons (Fsp3) is 0.350. The van der Waals surface area contributed by atoms with Crippen LogP contribution in [0.15, 0.2) is 48.5 Å². The van der Waals surface area contributed by atoms with Crippen LogP contribution in [0.2, 0.25) is 0 Å². The fourth-order valence-electron chi connectivity index (χ4n) is 2.16. The van der Waals surface area contributed by atoms with Gasteiger partial charge in [0.2, 0.25) is 5.91 Å². The summed E-state index contributed by atoms with van der Waals surface area (Å²) >= 11 is 0. The van der Waals surface area contributed by atoms with Crippen LogP contribution in [0, 0.1) is 0 Å². The third kappa shape index (κ3) is 8.94. The van der Waals surface area contributed by atoms with Crippen LogP contribution in [-0.2, 0) is 14.3 Å². The summed E-state index contributed by atoms with van der Waals surface area (Å²) in [6.45, 7) is 4.34.